The number of nitrogens with two attached hydrogens (primary N) is 1. The third-order valence-corrected chi connectivity index (χ3v) is 1.45. The fourth-order valence-electron chi connectivity index (χ4n) is 1.00. The maximum Gasteiger partial charge on any atom is 0.115 e. The van der Waals surface area contributed by atoms with Crippen LogP contribution in [-0.4, -0.2) is 12.2 Å². The first-order valence-corrected chi connectivity index (χ1v) is 4.18. The smallest absolute Gasteiger partial charge is 0.115 e. The summed E-state index contributed by atoms with van der Waals surface area (Å²) in [5, 5.41) is 9.04. The molecular formula is C10H17NO. The van der Waals surface area contributed by atoms with E-state index < -0.39 is 0 Å². The summed E-state index contributed by atoms with van der Waals surface area (Å²) in [6.07, 6.45) is 2.18. The van der Waals surface area contributed by atoms with Crippen LogP contribution in [0.25, 0.3) is 0 Å². The van der Waals surface area contributed by atoms with Gasteiger partial charge in [0, 0.05) is 0 Å². The Morgan fingerprint density at radius 3 is 2.50 bits per heavy atom. The van der Waals surface area contributed by atoms with Gasteiger partial charge in [-0.05, 0) is 31.2 Å². The molecule has 68 valence electrons. The summed E-state index contributed by atoms with van der Waals surface area (Å²) in [6.45, 7) is 2.13. The van der Waals surface area contributed by atoms with Gasteiger partial charge in [-0.3, -0.25) is 0 Å². The van der Waals surface area contributed by atoms with Crippen LogP contribution < -0.4 is 5.73 Å². The van der Waals surface area contributed by atoms with E-state index in [0.717, 1.165) is 12.8 Å². The first kappa shape index (κ1) is 11.0. The number of hydrogen-bond acceptors (Lipinski definition) is 2. The van der Waals surface area contributed by atoms with E-state index in [1.807, 2.05) is 18.2 Å². The van der Waals surface area contributed by atoms with Crippen molar-refractivity contribution in [2.75, 3.05) is 7.05 Å². The molecule has 0 saturated carbocycles. The summed E-state index contributed by atoms with van der Waals surface area (Å²) in [7, 11) is 1.50. The van der Waals surface area contributed by atoms with Crippen molar-refractivity contribution in [1.82, 2.24) is 0 Å². The average Bonchev–Trinajstić information content (AvgIpc) is 2.09. The molecule has 0 spiro atoms. The second-order valence-electron chi connectivity index (χ2n) is 2.42. The summed E-state index contributed by atoms with van der Waals surface area (Å²) in [5.41, 5.74) is 5.71. The highest BCUT2D eigenvalue weighted by atomic mass is 16.3. The summed E-state index contributed by atoms with van der Waals surface area (Å²) < 4.78 is 0. The highest BCUT2D eigenvalue weighted by Gasteiger charge is 1.90. The zero-order valence-electron chi connectivity index (χ0n) is 7.75. The number of aryl methyl sites for hydroxylation is 1. The Morgan fingerprint density at radius 1 is 1.33 bits per heavy atom. The standard InChI is InChI=1S/C9H12O.CH5N/c1-2-4-8-5-3-6-9(10)7-8;1-2/h3,5-7,10H,2,4H2,1H3;2H2,1H3. The first-order chi connectivity index (χ1) is 5.83. The molecule has 3 N–H and O–H groups in total. The number of hydrogen-bond donors (Lipinski definition) is 2. The van der Waals surface area contributed by atoms with E-state index in [0.29, 0.717) is 5.75 Å². The second-order valence-corrected chi connectivity index (χ2v) is 2.42. The molecule has 0 aliphatic carbocycles. The lowest BCUT2D eigenvalue weighted by molar-refractivity contribution is 0.474. The minimum Gasteiger partial charge on any atom is -0.508 e. The molecule has 0 atom stereocenters. The van der Waals surface area contributed by atoms with E-state index >= 15 is 0 Å². The van der Waals surface area contributed by atoms with Crippen LogP contribution in [0.15, 0.2) is 24.3 Å². The fraction of sp³-hybridized carbons (Fsp3) is 0.400. The number of phenols is 1. The summed E-state index contributed by atoms with van der Waals surface area (Å²) in [5.74, 6) is 0.367. The minimum atomic E-state index is 0.367. The monoisotopic (exact) mass is 167 g/mol. The van der Waals surface area contributed by atoms with Gasteiger partial charge >= 0.3 is 0 Å². The molecule has 0 heterocycles. The lowest BCUT2D eigenvalue weighted by Crippen LogP contribution is -1.80. The Kier molecular flexibility index (Phi) is 6.11. The number of rotatable bonds is 2. The van der Waals surface area contributed by atoms with Gasteiger partial charge in [-0.2, -0.15) is 0 Å². The van der Waals surface area contributed by atoms with Gasteiger partial charge in [0.15, 0.2) is 0 Å². The van der Waals surface area contributed by atoms with Crippen molar-refractivity contribution in [2.45, 2.75) is 19.8 Å². The van der Waals surface area contributed by atoms with Gasteiger partial charge in [-0.1, -0.05) is 25.5 Å². The first-order valence-electron chi connectivity index (χ1n) is 4.18. The molecule has 2 nitrogen and oxygen atoms in total. The van der Waals surface area contributed by atoms with Crippen LogP contribution in [0.2, 0.25) is 0 Å². The van der Waals surface area contributed by atoms with Crippen molar-refractivity contribution in [2.24, 2.45) is 5.73 Å². The van der Waals surface area contributed by atoms with Crippen LogP contribution in [0.1, 0.15) is 18.9 Å². The van der Waals surface area contributed by atoms with Gasteiger partial charge in [0.2, 0.25) is 0 Å². The number of aromatic hydroxyl groups is 1. The molecule has 0 aliphatic rings. The van der Waals surface area contributed by atoms with Gasteiger partial charge in [0.1, 0.15) is 5.75 Å². The molecule has 0 bridgehead atoms. The van der Waals surface area contributed by atoms with Gasteiger partial charge < -0.3 is 10.8 Å². The summed E-state index contributed by atoms with van der Waals surface area (Å²) in [6, 6.07) is 7.41. The van der Waals surface area contributed by atoms with Crippen LogP contribution >= 0.6 is 0 Å². The third-order valence-electron chi connectivity index (χ3n) is 1.45. The van der Waals surface area contributed by atoms with Crippen molar-refractivity contribution in [1.29, 1.82) is 0 Å². The van der Waals surface area contributed by atoms with Gasteiger partial charge in [0.25, 0.3) is 0 Å². The maximum atomic E-state index is 9.04. The fourth-order valence-corrected chi connectivity index (χ4v) is 1.00. The van der Waals surface area contributed by atoms with Gasteiger partial charge in [0.05, 0.1) is 0 Å². The lowest BCUT2D eigenvalue weighted by atomic mass is 10.1. The van der Waals surface area contributed by atoms with Crippen LogP contribution in [0, 0.1) is 0 Å². The molecule has 1 aromatic rings. The van der Waals surface area contributed by atoms with E-state index in [1.54, 1.807) is 6.07 Å². The molecule has 0 amide bonds. The predicted octanol–water partition coefficient (Wildman–Crippen LogP) is 1.92. The normalized spacial score (nSPS) is 8.58. The molecule has 0 saturated heterocycles. The predicted molar refractivity (Wildman–Crippen MR) is 52.2 cm³/mol. The highest BCUT2D eigenvalue weighted by Crippen LogP contribution is 2.11. The Labute approximate surface area is 74.0 Å². The van der Waals surface area contributed by atoms with Crippen molar-refractivity contribution in [3.8, 4) is 5.75 Å². The minimum absolute atomic E-state index is 0.367. The zero-order chi connectivity index (χ0) is 9.40. The SMILES string of the molecule is CCCc1cccc(O)c1.CN. The second kappa shape index (κ2) is 6.68. The summed E-state index contributed by atoms with van der Waals surface area (Å²) in [4.78, 5) is 0. The number of benzene rings is 1. The molecule has 0 aromatic heterocycles. The molecule has 0 fully saturated rings. The highest BCUT2D eigenvalue weighted by molar-refractivity contribution is 5.26. The van der Waals surface area contributed by atoms with Crippen LogP contribution in [-0.2, 0) is 6.42 Å². The van der Waals surface area contributed by atoms with Crippen molar-refractivity contribution in [3.05, 3.63) is 29.8 Å². The quantitative estimate of drug-likeness (QED) is 0.707. The lowest BCUT2D eigenvalue weighted by Gasteiger charge is -1.97. The van der Waals surface area contributed by atoms with Gasteiger partial charge in [-0.25, -0.2) is 0 Å². The maximum absolute atomic E-state index is 9.04. The third kappa shape index (κ3) is 3.98. The van der Waals surface area contributed by atoms with Crippen LogP contribution in [0.3, 0.4) is 0 Å². The van der Waals surface area contributed by atoms with E-state index in [-0.39, 0.29) is 0 Å². The molecule has 0 aliphatic heterocycles. The van der Waals surface area contributed by atoms with Crippen molar-refractivity contribution >= 4 is 0 Å². The van der Waals surface area contributed by atoms with E-state index in [4.69, 9.17) is 5.11 Å². The molecule has 1 aromatic carbocycles. The Hall–Kier alpha value is -1.02. The van der Waals surface area contributed by atoms with E-state index in [9.17, 15) is 0 Å². The van der Waals surface area contributed by atoms with E-state index in [1.165, 1.54) is 12.6 Å². The molecule has 0 unspecified atom stereocenters. The topological polar surface area (TPSA) is 46.2 Å². The zero-order valence-corrected chi connectivity index (χ0v) is 7.75. The summed E-state index contributed by atoms with van der Waals surface area (Å²) >= 11 is 0. The Morgan fingerprint density at radius 2 is 2.00 bits per heavy atom. The van der Waals surface area contributed by atoms with Crippen LogP contribution in [0.5, 0.6) is 5.75 Å². The number of phenolic OH excluding ortho intramolecular Hbond substituents is 1. The molecule has 0 radical (unpaired) electrons. The molecule has 12 heavy (non-hydrogen) atoms. The van der Waals surface area contributed by atoms with Crippen molar-refractivity contribution in [3.63, 3.8) is 0 Å². The Balaban J connectivity index is 0.000000561. The average molecular weight is 167 g/mol. The molecule has 2 heteroatoms. The Bertz CT molecular complexity index is 211. The van der Waals surface area contributed by atoms with Crippen LogP contribution in [0.4, 0.5) is 0 Å². The van der Waals surface area contributed by atoms with Crippen molar-refractivity contribution < 1.29 is 5.11 Å². The van der Waals surface area contributed by atoms with Gasteiger partial charge in [-0.15, -0.1) is 0 Å². The molecular weight excluding hydrogens is 150 g/mol. The van der Waals surface area contributed by atoms with E-state index in [2.05, 4.69) is 12.7 Å². The molecule has 1 rings (SSSR count). The largest absolute Gasteiger partial charge is 0.508 e.